The Hall–Kier alpha value is -2.24. The number of hydrogen-bond acceptors (Lipinski definition) is 5. The number of non-ortho nitro benzene ring substituents is 1. The van der Waals surface area contributed by atoms with Gasteiger partial charge in [-0.2, -0.15) is 0 Å². The molecule has 0 unspecified atom stereocenters. The minimum absolute atomic E-state index is 0.0980. The van der Waals surface area contributed by atoms with Gasteiger partial charge in [-0.25, -0.2) is 4.79 Å². The molecule has 1 aromatic carbocycles. The van der Waals surface area contributed by atoms with E-state index in [2.05, 4.69) is 4.74 Å². The summed E-state index contributed by atoms with van der Waals surface area (Å²) in [6, 6.07) is 4.86. The van der Waals surface area contributed by atoms with Gasteiger partial charge in [0.1, 0.15) is 5.75 Å². The number of nitro groups is 1. The lowest BCUT2D eigenvalue weighted by molar-refractivity contribution is -0.384. The lowest BCUT2D eigenvalue weighted by atomic mass is 10.3. The summed E-state index contributed by atoms with van der Waals surface area (Å²) in [4.78, 5) is 31.1. The fraction of sp³-hybridized carbons (Fsp3) is 0.111. The van der Waals surface area contributed by atoms with Crippen LogP contribution in [0.5, 0.6) is 5.75 Å². The molecule has 15 heavy (non-hydrogen) atoms. The molecule has 0 aliphatic carbocycles. The molecule has 0 heterocycles. The minimum atomic E-state index is -0.996. The van der Waals surface area contributed by atoms with E-state index >= 15 is 0 Å². The van der Waals surface area contributed by atoms with E-state index in [-0.39, 0.29) is 11.4 Å². The minimum Gasteiger partial charge on any atom is -0.421 e. The van der Waals surface area contributed by atoms with Crippen molar-refractivity contribution in [2.24, 2.45) is 0 Å². The van der Waals surface area contributed by atoms with Gasteiger partial charge in [0.15, 0.2) is 0 Å². The Morgan fingerprint density at radius 2 is 1.80 bits per heavy atom. The van der Waals surface area contributed by atoms with E-state index in [1.54, 1.807) is 0 Å². The van der Waals surface area contributed by atoms with E-state index < -0.39 is 16.7 Å². The molecule has 0 fully saturated rings. The third-order valence-electron chi connectivity index (χ3n) is 1.55. The number of ketones is 1. The predicted octanol–water partition coefficient (Wildman–Crippen LogP) is 1.09. The highest BCUT2D eigenvalue weighted by molar-refractivity contribution is 6.33. The van der Waals surface area contributed by atoms with Crippen LogP contribution in [0.25, 0.3) is 0 Å². The molecule has 1 rings (SSSR count). The Labute approximate surface area is 84.6 Å². The molecule has 1 aromatic rings. The second kappa shape index (κ2) is 4.32. The van der Waals surface area contributed by atoms with Crippen LogP contribution in [-0.4, -0.2) is 16.7 Å². The average Bonchev–Trinajstić information content (AvgIpc) is 2.18. The van der Waals surface area contributed by atoms with Crippen molar-refractivity contribution >= 4 is 17.4 Å². The van der Waals surface area contributed by atoms with Crippen LogP contribution >= 0.6 is 0 Å². The zero-order chi connectivity index (χ0) is 11.4. The number of esters is 1. The first-order valence-electron chi connectivity index (χ1n) is 3.98. The summed E-state index contributed by atoms with van der Waals surface area (Å²) < 4.78 is 4.60. The molecule has 0 bridgehead atoms. The Bertz CT molecular complexity index is 409. The first-order valence-corrected chi connectivity index (χ1v) is 3.98. The fourth-order valence-corrected chi connectivity index (χ4v) is 0.815. The maximum atomic E-state index is 10.8. The van der Waals surface area contributed by atoms with E-state index in [0.29, 0.717) is 0 Å². The summed E-state index contributed by atoms with van der Waals surface area (Å²) in [6.07, 6.45) is 0. The van der Waals surface area contributed by atoms with Crippen molar-refractivity contribution in [3.63, 3.8) is 0 Å². The van der Waals surface area contributed by atoms with Gasteiger partial charge in [-0.15, -0.1) is 0 Å². The van der Waals surface area contributed by atoms with Crippen molar-refractivity contribution in [1.29, 1.82) is 0 Å². The molecular formula is C9H7NO5. The number of nitrogens with zero attached hydrogens (tertiary/aromatic N) is 1. The van der Waals surface area contributed by atoms with E-state index in [0.717, 1.165) is 6.92 Å². The number of rotatable bonds is 3. The highest BCUT2D eigenvalue weighted by Crippen LogP contribution is 2.17. The Balaban J connectivity index is 2.77. The number of nitro benzene ring substituents is 1. The number of hydrogen-bond donors (Lipinski definition) is 0. The van der Waals surface area contributed by atoms with Gasteiger partial charge in [0.05, 0.1) is 4.92 Å². The van der Waals surface area contributed by atoms with Crippen LogP contribution in [0.1, 0.15) is 6.92 Å². The second-order valence-corrected chi connectivity index (χ2v) is 2.70. The molecule has 0 atom stereocenters. The normalized spacial score (nSPS) is 9.40. The molecule has 0 aromatic heterocycles. The monoisotopic (exact) mass is 209 g/mol. The van der Waals surface area contributed by atoms with E-state index in [9.17, 15) is 19.7 Å². The van der Waals surface area contributed by atoms with E-state index in [1.807, 2.05) is 0 Å². The van der Waals surface area contributed by atoms with Gasteiger partial charge < -0.3 is 4.74 Å². The van der Waals surface area contributed by atoms with Crippen molar-refractivity contribution in [1.82, 2.24) is 0 Å². The smallest absolute Gasteiger partial charge is 0.379 e. The van der Waals surface area contributed by atoms with Crippen molar-refractivity contribution in [3.8, 4) is 5.75 Å². The summed E-state index contributed by atoms with van der Waals surface area (Å²) in [5.41, 5.74) is -0.113. The number of carbonyl (C=O) groups is 2. The first kappa shape index (κ1) is 10.8. The quantitative estimate of drug-likeness (QED) is 0.244. The van der Waals surface area contributed by atoms with E-state index in [4.69, 9.17) is 0 Å². The topological polar surface area (TPSA) is 86.5 Å². The highest BCUT2D eigenvalue weighted by Gasteiger charge is 2.11. The van der Waals surface area contributed by atoms with Crippen molar-refractivity contribution < 1.29 is 19.2 Å². The lowest BCUT2D eigenvalue weighted by Crippen LogP contribution is -2.16. The third kappa shape index (κ3) is 2.87. The molecule has 0 saturated carbocycles. The van der Waals surface area contributed by atoms with Crippen LogP contribution in [-0.2, 0) is 9.59 Å². The summed E-state index contributed by atoms with van der Waals surface area (Å²) in [6.45, 7) is 1.08. The van der Waals surface area contributed by atoms with Crippen LogP contribution in [0, 0.1) is 10.1 Å². The molecule has 6 nitrogen and oxygen atoms in total. The van der Waals surface area contributed by atoms with Crippen molar-refractivity contribution in [2.45, 2.75) is 6.92 Å². The number of benzene rings is 1. The van der Waals surface area contributed by atoms with Crippen LogP contribution < -0.4 is 4.74 Å². The van der Waals surface area contributed by atoms with Crippen LogP contribution in [0.2, 0.25) is 0 Å². The lowest BCUT2D eigenvalue weighted by Gasteiger charge is -2.00. The molecule has 0 N–H and O–H groups in total. The van der Waals surface area contributed by atoms with E-state index in [1.165, 1.54) is 24.3 Å². The average molecular weight is 209 g/mol. The molecule has 0 aliphatic heterocycles. The van der Waals surface area contributed by atoms with Crippen LogP contribution in [0.3, 0.4) is 0 Å². The molecule has 0 saturated heterocycles. The highest BCUT2D eigenvalue weighted by atomic mass is 16.6. The Morgan fingerprint density at radius 1 is 1.27 bits per heavy atom. The maximum absolute atomic E-state index is 10.8. The number of carbonyl (C=O) groups excluding carboxylic acids is 2. The first-order chi connectivity index (χ1) is 7.00. The fourth-order valence-electron chi connectivity index (χ4n) is 0.815. The largest absolute Gasteiger partial charge is 0.421 e. The molecule has 0 amide bonds. The van der Waals surface area contributed by atoms with Gasteiger partial charge in [0.2, 0.25) is 5.78 Å². The molecule has 0 aliphatic rings. The molecular weight excluding hydrogens is 202 g/mol. The Morgan fingerprint density at radius 3 is 2.20 bits per heavy atom. The number of Topliss-reactive ketones (excluding diaryl/α,β-unsaturated/α-hetero) is 1. The molecule has 0 spiro atoms. The standard InChI is InChI=1S/C9H7NO5/c1-6(11)9(12)15-8-4-2-7(3-5-8)10(13)14/h2-5H,1H3. The maximum Gasteiger partial charge on any atom is 0.379 e. The summed E-state index contributed by atoms with van der Waals surface area (Å²) in [7, 11) is 0. The van der Waals surface area contributed by atoms with Crippen molar-refractivity contribution in [2.75, 3.05) is 0 Å². The Kier molecular flexibility index (Phi) is 3.12. The molecule has 78 valence electrons. The van der Waals surface area contributed by atoms with Crippen molar-refractivity contribution in [3.05, 3.63) is 34.4 Å². The second-order valence-electron chi connectivity index (χ2n) is 2.70. The number of ether oxygens (including phenoxy) is 1. The van der Waals surface area contributed by atoms with Crippen LogP contribution in [0.15, 0.2) is 24.3 Å². The van der Waals surface area contributed by atoms with Gasteiger partial charge in [-0.05, 0) is 12.1 Å². The van der Waals surface area contributed by atoms with Gasteiger partial charge in [-0.1, -0.05) is 0 Å². The molecule has 0 radical (unpaired) electrons. The summed E-state index contributed by atoms with van der Waals surface area (Å²) in [5.74, 6) is -1.63. The SMILES string of the molecule is CC(=O)C(=O)Oc1ccc([N+](=O)[O-])cc1. The zero-order valence-corrected chi connectivity index (χ0v) is 7.80. The van der Waals surface area contributed by atoms with Gasteiger partial charge in [0.25, 0.3) is 5.69 Å². The van der Waals surface area contributed by atoms with Gasteiger partial charge in [-0.3, -0.25) is 14.9 Å². The zero-order valence-electron chi connectivity index (χ0n) is 7.80. The van der Waals surface area contributed by atoms with Crippen LogP contribution in [0.4, 0.5) is 5.69 Å². The van der Waals surface area contributed by atoms with Gasteiger partial charge in [0, 0.05) is 19.1 Å². The predicted molar refractivity (Wildman–Crippen MR) is 49.4 cm³/mol. The third-order valence-corrected chi connectivity index (χ3v) is 1.55. The summed E-state index contributed by atoms with van der Waals surface area (Å²) >= 11 is 0. The molecule has 6 heteroatoms. The summed E-state index contributed by atoms with van der Waals surface area (Å²) in [5, 5.41) is 10.3. The van der Waals surface area contributed by atoms with Gasteiger partial charge >= 0.3 is 5.97 Å².